The summed E-state index contributed by atoms with van der Waals surface area (Å²) >= 11 is 0. The molecule has 0 heterocycles. The molecule has 0 radical (unpaired) electrons. The molecule has 0 unspecified atom stereocenters. The minimum atomic E-state index is -3.98. The number of nitrogens with two attached hydrogens (primary N) is 1. The lowest BCUT2D eigenvalue weighted by Crippen LogP contribution is -2.41. The Kier molecular flexibility index (Phi) is 5.85. The Morgan fingerprint density at radius 1 is 1.30 bits per heavy atom. The molecule has 0 aromatic heterocycles. The molecule has 1 aromatic carbocycles. The van der Waals surface area contributed by atoms with E-state index in [1.54, 1.807) is 0 Å². The summed E-state index contributed by atoms with van der Waals surface area (Å²) in [5.41, 5.74) is 4.84. The number of hydrogen-bond donors (Lipinski definition) is 2. The fourth-order valence-electron chi connectivity index (χ4n) is 1.29. The highest BCUT2D eigenvalue weighted by molar-refractivity contribution is 7.89. The summed E-state index contributed by atoms with van der Waals surface area (Å²) in [6.07, 6.45) is 0.829. The van der Waals surface area contributed by atoms with E-state index in [0.717, 1.165) is 6.42 Å². The second kappa shape index (κ2) is 6.96. The quantitative estimate of drug-likeness (QED) is 0.759. The van der Waals surface area contributed by atoms with Crippen molar-refractivity contribution < 1.29 is 21.9 Å². The molecule has 1 rings (SSSR count). The molecule has 8 heteroatoms. The average Bonchev–Trinajstić information content (AvgIpc) is 2.44. The molecule has 0 spiro atoms. The number of sulfonamides is 1. The Balaban J connectivity index is 2.73. The van der Waals surface area contributed by atoms with Gasteiger partial charge in [-0.1, -0.05) is 6.92 Å². The average molecular weight is 308 g/mol. The molecule has 3 N–H and O–H groups in total. The molecular weight excluding hydrogens is 290 g/mol. The molecule has 114 valence electrons. The fraction of sp³-hybridized carbons (Fsp3) is 0.500. The molecule has 0 saturated carbocycles. The first-order chi connectivity index (χ1) is 9.30. The molecular formula is C12H18F2N2O3S. The van der Waals surface area contributed by atoms with Crippen LogP contribution < -0.4 is 15.2 Å². The normalized spacial score (nSPS) is 12.4. The van der Waals surface area contributed by atoms with Gasteiger partial charge in [0.2, 0.25) is 10.0 Å². The first-order valence-electron chi connectivity index (χ1n) is 6.11. The maximum atomic E-state index is 12.9. The Bertz CT molecular complexity index is 518. The van der Waals surface area contributed by atoms with Gasteiger partial charge in [0.15, 0.2) is 0 Å². The van der Waals surface area contributed by atoms with Crippen LogP contribution in [0.2, 0.25) is 0 Å². The van der Waals surface area contributed by atoms with Crippen LogP contribution in [0.1, 0.15) is 13.3 Å². The van der Waals surface area contributed by atoms with E-state index in [1.165, 1.54) is 24.3 Å². The van der Waals surface area contributed by atoms with Gasteiger partial charge in [-0.3, -0.25) is 0 Å². The maximum Gasteiger partial charge on any atom is 0.273 e. The lowest BCUT2D eigenvalue weighted by atomic mass is 10.3. The summed E-state index contributed by atoms with van der Waals surface area (Å²) in [5, 5.41) is 0. The van der Waals surface area contributed by atoms with Crippen molar-refractivity contribution >= 4 is 10.0 Å². The van der Waals surface area contributed by atoms with Gasteiger partial charge in [-0.05, 0) is 30.7 Å². The van der Waals surface area contributed by atoms with Gasteiger partial charge in [0.1, 0.15) is 5.75 Å². The highest BCUT2D eigenvalue weighted by atomic mass is 32.2. The molecule has 1 aromatic rings. The highest BCUT2D eigenvalue weighted by Gasteiger charge is 2.29. The number of rotatable bonds is 8. The number of halogens is 2. The van der Waals surface area contributed by atoms with Gasteiger partial charge < -0.3 is 10.5 Å². The fourth-order valence-corrected chi connectivity index (χ4v) is 2.35. The molecule has 0 atom stereocenters. The van der Waals surface area contributed by atoms with Crippen LogP contribution in [0.25, 0.3) is 0 Å². The van der Waals surface area contributed by atoms with Crippen molar-refractivity contribution in [2.24, 2.45) is 5.73 Å². The van der Waals surface area contributed by atoms with Crippen LogP contribution in [-0.4, -0.2) is 34.0 Å². The van der Waals surface area contributed by atoms with Crippen LogP contribution in [0.3, 0.4) is 0 Å². The Morgan fingerprint density at radius 2 is 1.90 bits per heavy atom. The number of ether oxygens (including phenoxy) is 1. The van der Waals surface area contributed by atoms with Crippen molar-refractivity contribution in [3.63, 3.8) is 0 Å². The van der Waals surface area contributed by atoms with Crippen molar-refractivity contribution in [2.75, 3.05) is 19.7 Å². The van der Waals surface area contributed by atoms with Crippen molar-refractivity contribution in [3.8, 4) is 5.75 Å². The first-order valence-corrected chi connectivity index (χ1v) is 7.59. The third kappa shape index (κ3) is 5.03. The summed E-state index contributed by atoms with van der Waals surface area (Å²) in [6.45, 7) is 0.521. The van der Waals surface area contributed by atoms with Crippen LogP contribution in [-0.2, 0) is 10.0 Å². The van der Waals surface area contributed by atoms with E-state index in [1.807, 2.05) is 11.6 Å². The largest absolute Gasteiger partial charge is 0.494 e. The van der Waals surface area contributed by atoms with Crippen LogP contribution in [0.15, 0.2) is 29.2 Å². The second-order valence-corrected chi connectivity index (χ2v) is 5.97. The van der Waals surface area contributed by atoms with Crippen LogP contribution in [0.5, 0.6) is 5.75 Å². The number of alkyl halides is 2. The van der Waals surface area contributed by atoms with Gasteiger partial charge in [-0.15, -0.1) is 0 Å². The standard InChI is InChI=1S/C12H18F2N2O3S/c1-2-7-19-10-3-5-11(6-4-10)20(17,18)16-9-12(13,14)8-15/h3-6,16H,2,7-9,15H2,1H3. The molecule has 0 bridgehead atoms. The van der Waals surface area contributed by atoms with Gasteiger partial charge in [-0.2, -0.15) is 0 Å². The topological polar surface area (TPSA) is 81.4 Å². The van der Waals surface area contributed by atoms with Crippen molar-refractivity contribution in [1.29, 1.82) is 0 Å². The SMILES string of the molecule is CCCOc1ccc(S(=O)(=O)NCC(F)(F)CN)cc1. The lowest BCUT2D eigenvalue weighted by Gasteiger charge is -2.15. The summed E-state index contributed by atoms with van der Waals surface area (Å²) in [5.74, 6) is -2.74. The predicted molar refractivity (Wildman–Crippen MR) is 71.4 cm³/mol. The molecule has 0 amide bonds. The minimum Gasteiger partial charge on any atom is -0.494 e. The first kappa shape index (κ1) is 16.8. The molecule has 0 aliphatic carbocycles. The van der Waals surface area contributed by atoms with Crippen molar-refractivity contribution in [1.82, 2.24) is 4.72 Å². The molecule has 20 heavy (non-hydrogen) atoms. The highest BCUT2D eigenvalue weighted by Crippen LogP contribution is 2.17. The van der Waals surface area contributed by atoms with Crippen LogP contribution in [0, 0.1) is 0 Å². The van der Waals surface area contributed by atoms with Gasteiger partial charge >= 0.3 is 0 Å². The Labute approximate surface area is 117 Å². The summed E-state index contributed by atoms with van der Waals surface area (Å²) in [6, 6.07) is 5.55. The van der Waals surface area contributed by atoms with Gasteiger partial charge in [0, 0.05) is 0 Å². The van der Waals surface area contributed by atoms with E-state index in [4.69, 9.17) is 10.5 Å². The number of nitrogens with one attached hydrogen (secondary N) is 1. The van der Waals surface area contributed by atoms with Crippen LogP contribution in [0.4, 0.5) is 8.78 Å². The zero-order valence-corrected chi connectivity index (χ0v) is 11.9. The third-order valence-corrected chi connectivity index (χ3v) is 3.84. The molecule has 0 aliphatic heterocycles. The van der Waals surface area contributed by atoms with E-state index in [9.17, 15) is 17.2 Å². The van der Waals surface area contributed by atoms with E-state index in [-0.39, 0.29) is 4.90 Å². The molecule has 5 nitrogen and oxygen atoms in total. The third-order valence-electron chi connectivity index (χ3n) is 2.43. The zero-order valence-electron chi connectivity index (χ0n) is 11.1. The van der Waals surface area contributed by atoms with Crippen molar-refractivity contribution in [3.05, 3.63) is 24.3 Å². The lowest BCUT2D eigenvalue weighted by molar-refractivity contribution is 0.0170. The monoisotopic (exact) mass is 308 g/mol. The molecule has 0 aliphatic rings. The summed E-state index contributed by atoms with van der Waals surface area (Å²) in [4.78, 5) is -0.103. The van der Waals surface area contributed by atoms with Gasteiger partial charge in [0.05, 0.1) is 24.6 Å². The number of benzene rings is 1. The minimum absolute atomic E-state index is 0.103. The van der Waals surface area contributed by atoms with E-state index < -0.39 is 29.0 Å². The maximum absolute atomic E-state index is 12.9. The van der Waals surface area contributed by atoms with Crippen LogP contribution >= 0.6 is 0 Å². The van der Waals surface area contributed by atoms with Gasteiger partial charge in [0.25, 0.3) is 5.92 Å². The molecule has 0 saturated heterocycles. The summed E-state index contributed by atoms with van der Waals surface area (Å²) < 4.78 is 56.6. The smallest absolute Gasteiger partial charge is 0.273 e. The summed E-state index contributed by atoms with van der Waals surface area (Å²) in [7, 11) is -3.98. The predicted octanol–water partition coefficient (Wildman–Crippen LogP) is 1.35. The van der Waals surface area contributed by atoms with E-state index >= 15 is 0 Å². The Hall–Kier alpha value is -1.25. The van der Waals surface area contributed by atoms with E-state index in [0.29, 0.717) is 12.4 Å². The zero-order chi connectivity index (χ0) is 15.2. The van der Waals surface area contributed by atoms with Crippen molar-refractivity contribution in [2.45, 2.75) is 24.2 Å². The van der Waals surface area contributed by atoms with Gasteiger partial charge in [-0.25, -0.2) is 21.9 Å². The van der Waals surface area contributed by atoms with E-state index in [2.05, 4.69) is 0 Å². The number of hydrogen-bond acceptors (Lipinski definition) is 4. The second-order valence-electron chi connectivity index (χ2n) is 4.20. The Morgan fingerprint density at radius 3 is 2.40 bits per heavy atom. The molecule has 0 fully saturated rings.